The Labute approximate surface area is 107 Å². The molecule has 6 heteroatoms. The number of nitrogens with zero attached hydrogens (tertiary/aromatic N) is 1. The monoisotopic (exact) mass is 300 g/mol. The molecule has 1 atom stereocenters. The van der Waals surface area contributed by atoms with Gasteiger partial charge in [-0.1, -0.05) is 22.9 Å². The first-order valence-electron chi connectivity index (χ1n) is 5.08. The topological polar surface area (TPSA) is 72.2 Å². The van der Waals surface area contributed by atoms with E-state index in [9.17, 15) is 14.9 Å². The van der Waals surface area contributed by atoms with Gasteiger partial charge in [0, 0.05) is 29.1 Å². The lowest BCUT2D eigenvalue weighted by molar-refractivity contribution is -0.384. The highest BCUT2D eigenvalue weighted by Crippen LogP contribution is 2.16. The van der Waals surface area contributed by atoms with Crippen LogP contribution in [0.15, 0.2) is 18.2 Å². The van der Waals surface area contributed by atoms with Crippen molar-refractivity contribution in [1.82, 2.24) is 5.32 Å². The standard InChI is InChI=1S/C11H13BrN2O3/c1-7-3-9(5-10(4-7)14(16)17)11(15)13-6-8(2)12/h3-5,8H,6H2,1-2H3,(H,13,15). The fourth-order valence-corrected chi connectivity index (χ4v) is 1.50. The first-order valence-corrected chi connectivity index (χ1v) is 6.00. The fourth-order valence-electron chi connectivity index (χ4n) is 1.33. The number of nitro benzene ring substituents is 1. The van der Waals surface area contributed by atoms with Crippen molar-refractivity contribution in [3.05, 3.63) is 39.4 Å². The van der Waals surface area contributed by atoms with Gasteiger partial charge in [0.05, 0.1) is 4.92 Å². The summed E-state index contributed by atoms with van der Waals surface area (Å²) in [5.74, 6) is -0.303. The van der Waals surface area contributed by atoms with Crippen molar-refractivity contribution < 1.29 is 9.72 Å². The number of non-ortho nitro benzene ring substituents is 1. The van der Waals surface area contributed by atoms with E-state index < -0.39 is 4.92 Å². The van der Waals surface area contributed by atoms with Crippen molar-refractivity contribution in [2.45, 2.75) is 18.7 Å². The van der Waals surface area contributed by atoms with Crippen LogP contribution in [0, 0.1) is 17.0 Å². The summed E-state index contributed by atoms with van der Waals surface area (Å²) in [4.78, 5) is 22.0. The average Bonchev–Trinajstić information content (AvgIpc) is 2.24. The molecule has 0 aromatic heterocycles. The minimum absolute atomic E-state index is 0.0676. The van der Waals surface area contributed by atoms with E-state index >= 15 is 0 Å². The van der Waals surface area contributed by atoms with Gasteiger partial charge in [0.15, 0.2) is 0 Å². The average molecular weight is 301 g/mol. The van der Waals surface area contributed by atoms with Crippen LogP contribution in [-0.2, 0) is 0 Å². The molecule has 1 unspecified atom stereocenters. The summed E-state index contributed by atoms with van der Waals surface area (Å²) in [6.45, 7) is 4.09. The number of amides is 1. The number of rotatable bonds is 4. The molecule has 0 aliphatic heterocycles. The van der Waals surface area contributed by atoms with Gasteiger partial charge < -0.3 is 5.32 Å². The Balaban J connectivity index is 2.90. The molecule has 0 aliphatic rings. The van der Waals surface area contributed by atoms with Crippen molar-refractivity contribution >= 4 is 27.5 Å². The molecule has 0 radical (unpaired) electrons. The maximum atomic E-state index is 11.7. The number of benzene rings is 1. The maximum Gasteiger partial charge on any atom is 0.270 e. The number of hydrogen-bond donors (Lipinski definition) is 1. The van der Waals surface area contributed by atoms with Crippen LogP contribution in [0.5, 0.6) is 0 Å². The molecule has 0 fully saturated rings. The molecule has 92 valence electrons. The molecule has 1 rings (SSSR count). The second kappa shape index (κ2) is 5.77. The normalized spacial score (nSPS) is 11.9. The number of alkyl halides is 1. The molecule has 0 heterocycles. The highest BCUT2D eigenvalue weighted by molar-refractivity contribution is 9.09. The van der Waals surface area contributed by atoms with E-state index in [0.29, 0.717) is 17.7 Å². The summed E-state index contributed by atoms with van der Waals surface area (Å²) in [7, 11) is 0. The van der Waals surface area contributed by atoms with E-state index in [1.54, 1.807) is 13.0 Å². The molecule has 1 amide bonds. The number of aryl methyl sites for hydroxylation is 1. The first-order chi connectivity index (χ1) is 7.90. The van der Waals surface area contributed by atoms with E-state index in [4.69, 9.17) is 0 Å². The quantitative estimate of drug-likeness (QED) is 0.527. The number of halogens is 1. The first kappa shape index (κ1) is 13.6. The summed E-state index contributed by atoms with van der Waals surface area (Å²) < 4.78 is 0. The third-order valence-electron chi connectivity index (χ3n) is 2.08. The number of nitrogens with one attached hydrogen (secondary N) is 1. The third-order valence-corrected chi connectivity index (χ3v) is 2.40. The van der Waals surface area contributed by atoms with Gasteiger partial charge in [0.2, 0.25) is 0 Å². The number of carbonyl (C=O) groups is 1. The van der Waals surface area contributed by atoms with Gasteiger partial charge in [0.25, 0.3) is 11.6 Å². The second-order valence-electron chi connectivity index (χ2n) is 3.81. The lowest BCUT2D eigenvalue weighted by Crippen LogP contribution is -2.28. The van der Waals surface area contributed by atoms with Crippen molar-refractivity contribution in [1.29, 1.82) is 0 Å². The lowest BCUT2D eigenvalue weighted by Gasteiger charge is -2.07. The van der Waals surface area contributed by atoms with Gasteiger partial charge in [-0.25, -0.2) is 0 Å². The summed E-state index contributed by atoms with van der Waals surface area (Å²) in [5, 5.41) is 13.3. The van der Waals surface area contributed by atoms with Crippen molar-refractivity contribution in [3.63, 3.8) is 0 Å². The van der Waals surface area contributed by atoms with E-state index in [-0.39, 0.29) is 16.4 Å². The highest BCUT2D eigenvalue weighted by atomic mass is 79.9. The van der Waals surface area contributed by atoms with Gasteiger partial charge in [-0.2, -0.15) is 0 Å². The predicted octanol–water partition coefficient (Wildman–Crippen LogP) is 2.42. The molecule has 17 heavy (non-hydrogen) atoms. The minimum Gasteiger partial charge on any atom is -0.351 e. The van der Waals surface area contributed by atoms with Gasteiger partial charge in [0.1, 0.15) is 0 Å². The number of hydrogen-bond acceptors (Lipinski definition) is 3. The zero-order chi connectivity index (χ0) is 13.0. The molecule has 0 bridgehead atoms. The van der Waals surface area contributed by atoms with Gasteiger partial charge >= 0.3 is 0 Å². The van der Waals surface area contributed by atoms with Crippen LogP contribution in [-0.4, -0.2) is 22.2 Å². The van der Waals surface area contributed by atoms with Crippen LogP contribution in [0.25, 0.3) is 0 Å². The zero-order valence-electron chi connectivity index (χ0n) is 9.57. The summed E-state index contributed by atoms with van der Waals surface area (Å²) in [5.41, 5.74) is 0.933. The highest BCUT2D eigenvalue weighted by Gasteiger charge is 2.13. The van der Waals surface area contributed by atoms with Crippen LogP contribution in [0.4, 0.5) is 5.69 Å². The Morgan fingerprint density at radius 2 is 2.18 bits per heavy atom. The molecule has 1 N–H and O–H groups in total. The SMILES string of the molecule is Cc1cc(C(=O)NCC(C)Br)cc([N+](=O)[O-])c1. The molecular formula is C11H13BrN2O3. The largest absolute Gasteiger partial charge is 0.351 e. The zero-order valence-corrected chi connectivity index (χ0v) is 11.2. The predicted molar refractivity (Wildman–Crippen MR) is 68.6 cm³/mol. The van der Waals surface area contributed by atoms with Gasteiger partial charge in [-0.15, -0.1) is 0 Å². The molecular weight excluding hydrogens is 288 g/mol. The van der Waals surface area contributed by atoms with Crippen LogP contribution in [0.3, 0.4) is 0 Å². The van der Waals surface area contributed by atoms with E-state index in [2.05, 4.69) is 21.2 Å². The molecule has 0 spiro atoms. The van der Waals surface area contributed by atoms with Crippen molar-refractivity contribution in [3.8, 4) is 0 Å². The van der Waals surface area contributed by atoms with E-state index in [1.165, 1.54) is 12.1 Å². The second-order valence-corrected chi connectivity index (χ2v) is 5.37. The van der Waals surface area contributed by atoms with Crippen molar-refractivity contribution in [2.75, 3.05) is 6.54 Å². The minimum atomic E-state index is -0.503. The number of carbonyl (C=O) groups excluding carboxylic acids is 1. The summed E-state index contributed by atoms with van der Waals surface area (Å²) in [6.07, 6.45) is 0. The van der Waals surface area contributed by atoms with Crippen molar-refractivity contribution in [2.24, 2.45) is 0 Å². The van der Waals surface area contributed by atoms with Crippen LogP contribution in [0.1, 0.15) is 22.8 Å². The Morgan fingerprint density at radius 1 is 1.53 bits per heavy atom. The molecule has 1 aromatic carbocycles. The maximum absolute atomic E-state index is 11.7. The van der Waals surface area contributed by atoms with Crippen LogP contribution >= 0.6 is 15.9 Å². The van der Waals surface area contributed by atoms with Crippen LogP contribution in [0.2, 0.25) is 0 Å². The molecule has 0 saturated carbocycles. The summed E-state index contributed by atoms with van der Waals surface area (Å²) in [6, 6.07) is 4.34. The Hall–Kier alpha value is -1.43. The van der Waals surface area contributed by atoms with E-state index in [1.807, 2.05) is 6.92 Å². The lowest BCUT2D eigenvalue weighted by atomic mass is 10.1. The smallest absolute Gasteiger partial charge is 0.270 e. The van der Waals surface area contributed by atoms with Crippen LogP contribution < -0.4 is 5.32 Å². The van der Waals surface area contributed by atoms with E-state index in [0.717, 1.165) is 0 Å². The molecule has 0 saturated heterocycles. The summed E-state index contributed by atoms with van der Waals surface area (Å²) >= 11 is 3.30. The molecule has 1 aromatic rings. The van der Waals surface area contributed by atoms with Gasteiger partial charge in [-0.3, -0.25) is 14.9 Å². The Morgan fingerprint density at radius 3 is 2.71 bits per heavy atom. The third kappa shape index (κ3) is 4.14. The Kier molecular flexibility index (Phi) is 4.62. The fraction of sp³-hybridized carbons (Fsp3) is 0.364. The molecule has 5 nitrogen and oxygen atoms in total. The Bertz CT molecular complexity index is 446. The van der Waals surface area contributed by atoms with Gasteiger partial charge in [-0.05, 0) is 18.6 Å². The number of nitro groups is 1. The molecule has 0 aliphatic carbocycles.